The van der Waals surface area contributed by atoms with Crippen molar-refractivity contribution in [2.24, 2.45) is 0 Å². The van der Waals surface area contributed by atoms with Gasteiger partial charge in [-0.15, -0.1) is 0 Å². The van der Waals surface area contributed by atoms with Crippen LogP contribution in [0, 0.1) is 11.6 Å². The Morgan fingerprint density at radius 1 is 0.852 bits per heavy atom. The van der Waals surface area contributed by atoms with Crippen LogP contribution in [0.15, 0.2) is 48.5 Å². The molecule has 0 radical (unpaired) electrons. The third-order valence-electron chi connectivity index (χ3n) is 5.16. The van der Waals surface area contributed by atoms with Crippen molar-refractivity contribution >= 4 is 23.2 Å². The van der Waals surface area contributed by atoms with Gasteiger partial charge in [-0.1, -0.05) is 12.1 Å². The largest absolute Gasteiger partial charge is 0.369 e. The van der Waals surface area contributed by atoms with E-state index in [0.29, 0.717) is 26.2 Å². The van der Waals surface area contributed by atoms with E-state index in [1.54, 1.807) is 18.2 Å². The lowest BCUT2D eigenvalue weighted by Gasteiger charge is -2.38. The van der Waals surface area contributed by atoms with Crippen molar-refractivity contribution in [3.8, 4) is 0 Å². The first-order chi connectivity index (χ1) is 13.0. The van der Waals surface area contributed by atoms with Gasteiger partial charge in [0.2, 0.25) is 5.91 Å². The zero-order chi connectivity index (χ0) is 19.0. The summed E-state index contributed by atoms with van der Waals surface area (Å²) in [5.74, 6) is -1.61. The number of carbonyl (C=O) groups excluding carboxylic acids is 2. The molecule has 2 aliphatic rings. The Hall–Kier alpha value is -2.80. The smallest absolute Gasteiger partial charge is 0.251 e. The fraction of sp³-hybridized carbons (Fsp3) is 0.300. The summed E-state index contributed by atoms with van der Waals surface area (Å²) >= 11 is 0. The normalized spacial score (nSPS) is 21.2. The van der Waals surface area contributed by atoms with E-state index in [1.165, 1.54) is 30.3 Å². The zero-order valence-corrected chi connectivity index (χ0v) is 14.6. The molecule has 27 heavy (non-hydrogen) atoms. The predicted octanol–water partition coefficient (Wildman–Crippen LogP) is 2.42. The van der Waals surface area contributed by atoms with E-state index in [4.69, 9.17) is 0 Å². The molecule has 1 atom stereocenters. The molecule has 2 aromatic carbocycles. The highest BCUT2D eigenvalue weighted by atomic mass is 19.1. The van der Waals surface area contributed by atoms with Gasteiger partial charge in [-0.05, 0) is 36.4 Å². The number of amides is 2. The Balaban J connectivity index is 1.45. The van der Waals surface area contributed by atoms with Crippen LogP contribution >= 0.6 is 0 Å². The molecule has 0 N–H and O–H groups in total. The Morgan fingerprint density at radius 3 is 2.19 bits per heavy atom. The van der Waals surface area contributed by atoms with Gasteiger partial charge >= 0.3 is 0 Å². The number of hydrogen-bond donors (Lipinski definition) is 0. The number of para-hydroxylation sites is 1. The molecule has 2 saturated heterocycles. The van der Waals surface area contributed by atoms with Crippen molar-refractivity contribution in [3.05, 3.63) is 60.2 Å². The van der Waals surface area contributed by atoms with Crippen LogP contribution in [0.1, 0.15) is 6.42 Å². The molecule has 0 bridgehead atoms. The van der Waals surface area contributed by atoms with E-state index in [9.17, 15) is 18.4 Å². The molecule has 140 valence electrons. The van der Waals surface area contributed by atoms with Crippen molar-refractivity contribution in [3.63, 3.8) is 0 Å². The van der Waals surface area contributed by atoms with Crippen LogP contribution < -0.4 is 9.80 Å². The lowest BCUT2D eigenvalue weighted by atomic mass is 10.1. The van der Waals surface area contributed by atoms with Crippen molar-refractivity contribution in [1.29, 1.82) is 0 Å². The van der Waals surface area contributed by atoms with Crippen LogP contribution in [0.3, 0.4) is 0 Å². The van der Waals surface area contributed by atoms with Gasteiger partial charge in [-0.2, -0.15) is 0 Å². The highest BCUT2D eigenvalue weighted by Gasteiger charge is 2.44. The molecule has 0 spiro atoms. The lowest BCUT2D eigenvalue weighted by molar-refractivity contribution is -0.123. The van der Waals surface area contributed by atoms with Gasteiger partial charge in [0.25, 0.3) is 5.91 Å². The van der Waals surface area contributed by atoms with Crippen LogP contribution in [-0.4, -0.2) is 48.9 Å². The summed E-state index contributed by atoms with van der Waals surface area (Å²) in [6.45, 7) is 2.55. The first-order valence-corrected chi connectivity index (χ1v) is 8.90. The molecule has 0 saturated carbocycles. The van der Waals surface area contributed by atoms with Gasteiger partial charge < -0.3 is 4.90 Å². The Labute approximate surface area is 155 Å². The number of benzene rings is 2. The molecule has 2 heterocycles. The van der Waals surface area contributed by atoms with Gasteiger partial charge in [0.15, 0.2) is 0 Å². The zero-order valence-electron chi connectivity index (χ0n) is 14.6. The summed E-state index contributed by atoms with van der Waals surface area (Å²) in [4.78, 5) is 30.2. The summed E-state index contributed by atoms with van der Waals surface area (Å²) < 4.78 is 27.1. The Kier molecular flexibility index (Phi) is 4.61. The minimum absolute atomic E-state index is 0.0138. The highest BCUT2D eigenvalue weighted by molar-refractivity contribution is 6.22. The number of anilines is 2. The van der Waals surface area contributed by atoms with Crippen LogP contribution in [-0.2, 0) is 9.59 Å². The summed E-state index contributed by atoms with van der Waals surface area (Å²) in [6.07, 6.45) is 0.0592. The van der Waals surface area contributed by atoms with Gasteiger partial charge in [-0.3, -0.25) is 14.5 Å². The maximum absolute atomic E-state index is 14.0. The summed E-state index contributed by atoms with van der Waals surface area (Å²) in [5.41, 5.74) is 0.942. The van der Waals surface area contributed by atoms with E-state index in [1.807, 2.05) is 4.90 Å². The lowest BCUT2D eigenvalue weighted by Crippen LogP contribution is -2.52. The van der Waals surface area contributed by atoms with E-state index in [2.05, 4.69) is 4.90 Å². The molecule has 2 fully saturated rings. The number of imide groups is 1. The van der Waals surface area contributed by atoms with Crippen LogP contribution in [0.5, 0.6) is 0 Å². The van der Waals surface area contributed by atoms with E-state index in [-0.39, 0.29) is 29.7 Å². The number of nitrogens with zero attached hydrogens (tertiary/aromatic N) is 3. The monoisotopic (exact) mass is 371 g/mol. The number of hydrogen-bond acceptors (Lipinski definition) is 4. The number of piperazine rings is 1. The Morgan fingerprint density at radius 2 is 1.52 bits per heavy atom. The molecule has 2 aromatic rings. The SMILES string of the molecule is O=C1C[C@@H](N2CCN(c3ccc(F)cc3)CC2)C(=O)N1c1ccccc1F. The molecular weight excluding hydrogens is 352 g/mol. The van der Waals surface area contributed by atoms with Crippen LogP contribution in [0.25, 0.3) is 0 Å². The second-order valence-electron chi connectivity index (χ2n) is 6.74. The first-order valence-electron chi connectivity index (χ1n) is 8.90. The fourth-order valence-corrected chi connectivity index (χ4v) is 3.73. The van der Waals surface area contributed by atoms with Crippen molar-refractivity contribution < 1.29 is 18.4 Å². The van der Waals surface area contributed by atoms with Crippen LogP contribution in [0.2, 0.25) is 0 Å². The molecule has 0 aliphatic carbocycles. The number of carbonyl (C=O) groups is 2. The standard InChI is InChI=1S/C20H19F2N3O2/c21-14-5-7-15(8-6-14)23-9-11-24(12-10-23)18-13-19(26)25(20(18)27)17-4-2-1-3-16(17)22/h1-8,18H,9-13H2/t18-/m1/s1. The minimum atomic E-state index is -0.582. The van der Waals surface area contributed by atoms with Gasteiger partial charge in [0.1, 0.15) is 11.6 Å². The summed E-state index contributed by atoms with van der Waals surface area (Å²) in [5, 5.41) is 0. The summed E-state index contributed by atoms with van der Waals surface area (Å²) in [6, 6.07) is 11.6. The first kappa shape index (κ1) is 17.6. The second-order valence-corrected chi connectivity index (χ2v) is 6.74. The maximum atomic E-state index is 14.0. The van der Waals surface area contributed by atoms with Gasteiger partial charge in [0.05, 0.1) is 18.2 Å². The van der Waals surface area contributed by atoms with E-state index in [0.717, 1.165) is 10.6 Å². The van der Waals surface area contributed by atoms with Gasteiger partial charge in [0, 0.05) is 31.9 Å². The second kappa shape index (κ2) is 7.08. The number of rotatable bonds is 3. The molecule has 4 rings (SSSR count). The average molecular weight is 371 g/mol. The van der Waals surface area contributed by atoms with Crippen molar-refractivity contribution in [2.75, 3.05) is 36.0 Å². The molecule has 2 amide bonds. The third-order valence-corrected chi connectivity index (χ3v) is 5.16. The third kappa shape index (κ3) is 3.30. The maximum Gasteiger partial charge on any atom is 0.251 e. The predicted molar refractivity (Wildman–Crippen MR) is 97.5 cm³/mol. The molecule has 2 aliphatic heterocycles. The van der Waals surface area contributed by atoms with Crippen LogP contribution in [0.4, 0.5) is 20.2 Å². The Bertz CT molecular complexity index is 864. The molecule has 5 nitrogen and oxygen atoms in total. The topological polar surface area (TPSA) is 43.9 Å². The van der Waals surface area contributed by atoms with Crippen molar-refractivity contribution in [2.45, 2.75) is 12.5 Å². The molecule has 7 heteroatoms. The molecule has 0 unspecified atom stereocenters. The van der Waals surface area contributed by atoms with Crippen molar-refractivity contribution in [1.82, 2.24) is 4.90 Å². The van der Waals surface area contributed by atoms with Gasteiger partial charge in [-0.25, -0.2) is 13.7 Å². The van der Waals surface area contributed by atoms with E-state index >= 15 is 0 Å². The molecule has 0 aromatic heterocycles. The summed E-state index contributed by atoms with van der Waals surface area (Å²) in [7, 11) is 0. The minimum Gasteiger partial charge on any atom is -0.369 e. The number of halogens is 2. The van der Waals surface area contributed by atoms with E-state index < -0.39 is 11.9 Å². The highest BCUT2D eigenvalue weighted by Crippen LogP contribution is 2.28. The molecular formula is C20H19F2N3O2. The quantitative estimate of drug-likeness (QED) is 0.778. The fourth-order valence-electron chi connectivity index (χ4n) is 3.73. The average Bonchev–Trinajstić information content (AvgIpc) is 2.97.